The van der Waals surface area contributed by atoms with Crippen molar-refractivity contribution < 1.29 is 23.9 Å². The minimum Gasteiger partial charge on any atom is -0.463 e. The number of anilines is 1. The number of amides is 2. The highest BCUT2D eigenvalue weighted by Crippen LogP contribution is 2.21. The van der Waals surface area contributed by atoms with Crippen molar-refractivity contribution in [1.82, 2.24) is 10.6 Å². The van der Waals surface area contributed by atoms with Gasteiger partial charge in [0.15, 0.2) is 0 Å². The topological polar surface area (TPSA) is 120 Å². The third-order valence-electron chi connectivity index (χ3n) is 3.73. The molecular weight excluding hydrogens is 362 g/mol. The molecule has 0 unspecified atom stereocenters. The smallest absolute Gasteiger partial charge is 0.340 e. The van der Waals surface area contributed by atoms with Crippen LogP contribution in [0.5, 0.6) is 0 Å². The molecule has 1 atom stereocenters. The van der Waals surface area contributed by atoms with Crippen molar-refractivity contribution in [2.24, 2.45) is 0 Å². The summed E-state index contributed by atoms with van der Waals surface area (Å²) in [4.78, 5) is 36.3. The van der Waals surface area contributed by atoms with Crippen LogP contribution in [0.2, 0.25) is 5.02 Å². The Balaban J connectivity index is 2.24. The lowest BCUT2D eigenvalue weighted by Crippen LogP contribution is -2.51. The van der Waals surface area contributed by atoms with Crippen LogP contribution in [-0.2, 0) is 14.3 Å². The molecular formula is C17H20ClN3O5. The molecule has 26 heavy (non-hydrogen) atoms. The third-order valence-corrected chi connectivity index (χ3v) is 3.96. The van der Waals surface area contributed by atoms with Crippen LogP contribution >= 0.6 is 11.6 Å². The van der Waals surface area contributed by atoms with Crippen molar-refractivity contribution in [2.75, 3.05) is 18.9 Å². The van der Waals surface area contributed by atoms with Gasteiger partial charge in [0.05, 0.1) is 29.5 Å². The third kappa shape index (κ3) is 4.45. The van der Waals surface area contributed by atoms with Crippen LogP contribution in [0.25, 0.3) is 0 Å². The average Bonchev–Trinajstić information content (AvgIpc) is 2.61. The van der Waals surface area contributed by atoms with E-state index in [9.17, 15) is 14.4 Å². The van der Waals surface area contributed by atoms with E-state index in [-0.39, 0.29) is 35.7 Å². The molecule has 1 aliphatic rings. The molecule has 1 aromatic rings. The van der Waals surface area contributed by atoms with E-state index >= 15 is 0 Å². The van der Waals surface area contributed by atoms with Crippen molar-refractivity contribution in [2.45, 2.75) is 26.3 Å². The van der Waals surface area contributed by atoms with Gasteiger partial charge in [-0.25, -0.2) is 14.4 Å². The van der Waals surface area contributed by atoms with Gasteiger partial charge in [0, 0.05) is 10.7 Å². The molecule has 0 saturated carbocycles. The first-order valence-corrected chi connectivity index (χ1v) is 8.44. The summed E-state index contributed by atoms with van der Waals surface area (Å²) >= 11 is 5.87. The Hall–Kier alpha value is -2.74. The van der Waals surface area contributed by atoms with Crippen molar-refractivity contribution in [3.8, 4) is 0 Å². The van der Waals surface area contributed by atoms with E-state index in [0.29, 0.717) is 11.4 Å². The van der Waals surface area contributed by atoms with Gasteiger partial charge in [-0.05, 0) is 31.5 Å². The number of ether oxygens (including phenoxy) is 2. The van der Waals surface area contributed by atoms with E-state index in [1.165, 1.54) is 12.1 Å². The quantitative estimate of drug-likeness (QED) is 0.512. The molecule has 0 aliphatic carbocycles. The summed E-state index contributed by atoms with van der Waals surface area (Å²) in [5, 5.41) is 5.46. The first-order chi connectivity index (χ1) is 12.4. The Labute approximate surface area is 155 Å². The van der Waals surface area contributed by atoms with Gasteiger partial charge in [0.1, 0.15) is 6.61 Å². The Kier molecular flexibility index (Phi) is 6.46. The van der Waals surface area contributed by atoms with Gasteiger partial charge in [-0.15, -0.1) is 0 Å². The largest absolute Gasteiger partial charge is 0.463 e. The minimum absolute atomic E-state index is 0.100. The number of nitrogen functional groups attached to an aromatic ring is 1. The van der Waals surface area contributed by atoms with E-state index < -0.39 is 24.0 Å². The molecule has 4 N–H and O–H groups in total. The van der Waals surface area contributed by atoms with Crippen LogP contribution in [0.1, 0.15) is 30.6 Å². The number of esters is 2. The summed E-state index contributed by atoms with van der Waals surface area (Å²) in [5.41, 5.74) is 6.46. The van der Waals surface area contributed by atoms with E-state index in [4.69, 9.17) is 26.8 Å². The first-order valence-electron chi connectivity index (χ1n) is 8.07. The number of halogens is 1. The lowest BCUT2D eigenvalue weighted by atomic mass is 10.0. The number of carbonyl (C=O) groups excluding carboxylic acids is 3. The summed E-state index contributed by atoms with van der Waals surface area (Å²) in [6.07, 6.45) is 0.472. The second kappa shape index (κ2) is 8.57. The molecule has 0 bridgehead atoms. The molecule has 0 aromatic heterocycles. The number of urea groups is 1. The maximum Gasteiger partial charge on any atom is 0.340 e. The lowest BCUT2D eigenvalue weighted by Gasteiger charge is -2.28. The van der Waals surface area contributed by atoms with E-state index in [1.54, 1.807) is 13.0 Å². The monoisotopic (exact) mass is 381 g/mol. The Morgan fingerprint density at radius 3 is 2.62 bits per heavy atom. The van der Waals surface area contributed by atoms with E-state index in [1.807, 2.05) is 6.92 Å². The molecule has 1 aromatic carbocycles. The highest BCUT2D eigenvalue weighted by atomic mass is 35.5. The Morgan fingerprint density at radius 1 is 1.23 bits per heavy atom. The minimum atomic E-state index is -0.721. The van der Waals surface area contributed by atoms with Gasteiger partial charge in [-0.1, -0.05) is 18.5 Å². The molecule has 1 heterocycles. The first kappa shape index (κ1) is 19.6. The summed E-state index contributed by atoms with van der Waals surface area (Å²) in [6.45, 7) is 3.35. The molecule has 8 nitrogen and oxygen atoms in total. The fraction of sp³-hybridized carbons (Fsp3) is 0.353. The molecule has 0 saturated heterocycles. The summed E-state index contributed by atoms with van der Waals surface area (Å²) in [6, 6.07) is 3.40. The van der Waals surface area contributed by atoms with Crippen molar-refractivity contribution in [1.29, 1.82) is 0 Å². The molecule has 0 spiro atoms. The van der Waals surface area contributed by atoms with Crippen LogP contribution in [0.4, 0.5) is 10.5 Å². The second-order valence-corrected chi connectivity index (χ2v) is 5.92. The summed E-state index contributed by atoms with van der Waals surface area (Å²) < 4.78 is 10.3. The van der Waals surface area contributed by atoms with Crippen LogP contribution in [0.3, 0.4) is 0 Å². The zero-order chi connectivity index (χ0) is 19.3. The average molecular weight is 382 g/mol. The SMILES string of the molecule is CCOC(=O)C1=C(COC(=O)c2cc(Cl)ccc2N)NC(=O)N[C@@H]1CC. The fourth-order valence-corrected chi connectivity index (χ4v) is 2.67. The maximum absolute atomic E-state index is 12.3. The number of hydrogen-bond acceptors (Lipinski definition) is 6. The van der Waals surface area contributed by atoms with Gasteiger partial charge >= 0.3 is 18.0 Å². The summed E-state index contributed by atoms with van der Waals surface area (Å²) in [5.74, 6) is -1.30. The number of benzene rings is 1. The van der Waals surface area contributed by atoms with Crippen LogP contribution in [0, 0.1) is 0 Å². The summed E-state index contributed by atoms with van der Waals surface area (Å²) in [7, 11) is 0. The molecule has 140 valence electrons. The van der Waals surface area contributed by atoms with Crippen LogP contribution < -0.4 is 16.4 Å². The molecule has 0 fully saturated rings. The highest BCUT2D eigenvalue weighted by Gasteiger charge is 2.32. The molecule has 0 radical (unpaired) electrons. The van der Waals surface area contributed by atoms with Gasteiger partial charge in [0.2, 0.25) is 0 Å². The molecule has 2 amide bonds. The fourth-order valence-electron chi connectivity index (χ4n) is 2.50. The van der Waals surface area contributed by atoms with Gasteiger partial charge in [-0.2, -0.15) is 0 Å². The maximum atomic E-state index is 12.3. The Bertz CT molecular complexity index is 763. The van der Waals surface area contributed by atoms with E-state index in [2.05, 4.69) is 10.6 Å². The van der Waals surface area contributed by atoms with Gasteiger partial charge < -0.3 is 25.8 Å². The van der Waals surface area contributed by atoms with Gasteiger partial charge in [0.25, 0.3) is 0 Å². The zero-order valence-corrected chi connectivity index (χ0v) is 15.2. The van der Waals surface area contributed by atoms with Crippen molar-refractivity contribution >= 4 is 35.3 Å². The molecule has 9 heteroatoms. The van der Waals surface area contributed by atoms with Crippen molar-refractivity contribution in [3.05, 3.63) is 40.1 Å². The number of nitrogens with two attached hydrogens (primary N) is 1. The van der Waals surface area contributed by atoms with Crippen molar-refractivity contribution in [3.63, 3.8) is 0 Å². The van der Waals surface area contributed by atoms with Crippen LogP contribution in [-0.4, -0.2) is 37.2 Å². The number of carbonyl (C=O) groups is 3. The number of hydrogen-bond donors (Lipinski definition) is 3. The Morgan fingerprint density at radius 2 is 1.96 bits per heavy atom. The normalized spacial score (nSPS) is 16.6. The number of nitrogens with one attached hydrogen (secondary N) is 2. The second-order valence-electron chi connectivity index (χ2n) is 5.48. The molecule has 2 rings (SSSR count). The predicted octanol–water partition coefficient (Wildman–Crippen LogP) is 1.99. The lowest BCUT2D eigenvalue weighted by molar-refractivity contribution is -0.139. The van der Waals surface area contributed by atoms with E-state index in [0.717, 1.165) is 0 Å². The zero-order valence-electron chi connectivity index (χ0n) is 14.4. The predicted molar refractivity (Wildman–Crippen MR) is 95.6 cm³/mol. The van der Waals surface area contributed by atoms with Gasteiger partial charge in [-0.3, -0.25) is 0 Å². The standard InChI is InChI=1S/C17H20ClN3O5/c1-3-12-14(16(23)25-4-2)13(21-17(24)20-12)8-26-15(22)10-7-9(18)5-6-11(10)19/h5-7,12H,3-4,8,19H2,1-2H3,(H2,20,21,24)/t12-/m1/s1. The molecule has 1 aliphatic heterocycles. The number of rotatable bonds is 6. The highest BCUT2D eigenvalue weighted by molar-refractivity contribution is 6.31. The van der Waals surface area contributed by atoms with Crippen LogP contribution in [0.15, 0.2) is 29.5 Å².